The van der Waals surface area contributed by atoms with Crippen LogP contribution in [0.3, 0.4) is 0 Å². The maximum absolute atomic E-state index is 14.4. The van der Waals surface area contributed by atoms with E-state index in [1.807, 2.05) is 37.3 Å². The summed E-state index contributed by atoms with van der Waals surface area (Å²) < 4.78 is 14.4. The number of hydrogen-bond acceptors (Lipinski definition) is 2. The van der Waals surface area contributed by atoms with Crippen LogP contribution in [0.5, 0.6) is 0 Å². The zero-order valence-corrected chi connectivity index (χ0v) is 14.6. The molecular formula is C20H22FN3O2. The first kappa shape index (κ1) is 17.9. The number of carbonyl (C=O) groups is 2. The second-order valence-electron chi connectivity index (χ2n) is 6.63. The minimum atomic E-state index is -0.727. The first-order valence-corrected chi connectivity index (χ1v) is 8.66. The molecule has 0 saturated carbocycles. The van der Waals surface area contributed by atoms with Crippen LogP contribution >= 0.6 is 0 Å². The maximum Gasteiger partial charge on any atom is 0.312 e. The lowest BCUT2D eigenvalue weighted by atomic mass is 9.96. The molecule has 3 amide bonds. The first-order valence-electron chi connectivity index (χ1n) is 8.66. The summed E-state index contributed by atoms with van der Waals surface area (Å²) in [5.41, 5.74) is 7.48. The van der Waals surface area contributed by atoms with Crippen molar-refractivity contribution in [2.24, 2.45) is 5.73 Å². The van der Waals surface area contributed by atoms with Crippen molar-refractivity contribution >= 4 is 11.9 Å². The molecule has 1 aliphatic heterocycles. The Morgan fingerprint density at radius 2 is 1.92 bits per heavy atom. The van der Waals surface area contributed by atoms with Crippen LogP contribution in [0.25, 0.3) is 11.1 Å². The molecule has 6 heteroatoms. The minimum absolute atomic E-state index is 0.0341. The molecule has 0 spiro atoms. The molecule has 0 unspecified atom stereocenters. The third-order valence-electron chi connectivity index (χ3n) is 4.80. The highest BCUT2D eigenvalue weighted by Gasteiger charge is 2.34. The molecule has 1 saturated heterocycles. The predicted molar refractivity (Wildman–Crippen MR) is 97.6 cm³/mol. The van der Waals surface area contributed by atoms with E-state index in [1.54, 1.807) is 17.0 Å². The molecule has 26 heavy (non-hydrogen) atoms. The summed E-state index contributed by atoms with van der Waals surface area (Å²) in [5.74, 6) is -0.582. The molecule has 0 bridgehead atoms. The number of carbonyl (C=O) groups excluding carboxylic acids is 2. The summed E-state index contributed by atoms with van der Waals surface area (Å²) in [7, 11) is 0. The van der Waals surface area contributed by atoms with Gasteiger partial charge in [-0.3, -0.25) is 4.79 Å². The van der Waals surface area contributed by atoms with E-state index in [1.165, 1.54) is 6.07 Å². The molecular weight excluding hydrogens is 333 g/mol. The van der Waals surface area contributed by atoms with Gasteiger partial charge in [-0.2, -0.15) is 0 Å². The van der Waals surface area contributed by atoms with Gasteiger partial charge >= 0.3 is 6.03 Å². The van der Waals surface area contributed by atoms with Crippen molar-refractivity contribution in [3.05, 3.63) is 59.9 Å². The molecule has 3 N–H and O–H groups in total. The fraction of sp³-hybridized carbons (Fsp3) is 0.300. The molecule has 1 heterocycles. The van der Waals surface area contributed by atoms with Gasteiger partial charge in [0.2, 0.25) is 5.91 Å². The molecule has 0 radical (unpaired) electrons. The van der Waals surface area contributed by atoms with Crippen molar-refractivity contribution in [1.82, 2.24) is 10.2 Å². The number of nitrogens with zero attached hydrogens (tertiary/aromatic N) is 1. The van der Waals surface area contributed by atoms with Gasteiger partial charge < -0.3 is 16.0 Å². The zero-order chi connectivity index (χ0) is 18.7. The lowest BCUT2D eigenvalue weighted by molar-refractivity contribution is -0.139. The highest BCUT2D eigenvalue weighted by atomic mass is 19.1. The van der Waals surface area contributed by atoms with Gasteiger partial charge in [0, 0.05) is 18.2 Å². The number of nitrogens with two attached hydrogens (primary N) is 1. The Kier molecular flexibility index (Phi) is 5.21. The normalized spacial score (nSPS) is 20.1. The summed E-state index contributed by atoms with van der Waals surface area (Å²) in [5, 5.41) is 2.47. The number of piperidine rings is 1. The Morgan fingerprint density at radius 3 is 2.62 bits per heavy atom. The number of nitrogens with one attached hydrogen (secondary N) is 1. The van der Waals surface area contributed by atoms with Gasteiger partial charge in [0.15, 0.2) is 0 Å². The summed E-state index contributed by atoms with van der Waals surface area (Å²) in [6.07, 6.45) is 1.25. The summed E-state index contributed by atoms with van der Waals surface area (Å²) >= 11 is 0. The van der Waals surface area contributed by atoms with E-state index in [-0.39, 0.29) is 24.3 Å². The topological polar surface area (TPSA) is 75.4 Å². The van der Waals surface area contributed by atoms with Crippen molar-refractivity contribution in [2.45, 2.75) is 38.4 Å². The molecule has 2 aromatic rings. The van der Waals surface area contributed by atoms with Gasteiger partial charge in [0.25, 0.3) is 0 Å². The number of halogens is 1. The van der Waals surface area contributed by atoms with E-state index in [0.29, 0.717) is 12.0 Å². The Labute approximate surface area is 152 Å². The van der Waals surface area contributed by atoms with E-state index < -0.39 is 12.1 Å². The molecule has 0 aromatic heterocycles. The van der Waals surface area contributed by atoms with Crippen LogP contribution in [0.1, 0.15) is 25.3 Å². The van der Waals surface area contributed by atoms with Crippen LogP contribution in [0.4, 0.5) is 9.18 Å². The average molecular weight is 355 g/mol. The summed E-state index contributed by atoms with van der Waals surface area (Å²) in [6, 6.07) is 13.2. The number of likely N-dealkylation sites (tertiary alicyclic amines) is 1. The molecule has 1 aliphatic rings. The second-order valence-corrected chi connectivity index (χ2v) is 6.63. The molecule has 136 valence electrons. The predicted octanol–water partition coefficient (Wildman–Crippen LogP) is 3.04. The van der Waals surface area contributed by atoms with E-state index in [2.05, 4.69) is 5.32 Å². The van der Waals surface area contributed by atoms with Crippen molar-refractivity contribution in [3.63, 3.8) is 0 Å². The van der Waals surface area contributed by atoms with Crippen molar-refractivity contribution < 1.29 is 14.0 Å². The number of amides is 3. The SMILES string of the molecule is C[C@@H]1CC[C@@H](NC(N)=O)C(=O)N1Cc1cc(-c2ccccc2)ccc1F. The van der Waals surface area contributed by atoms with Gasteiger partial charge in [-0.25, -0.2) is 9.18 Å². The fourth-order valence-corrected chi connectivity index (χ4v) is 3.33. The molecule has 2 atom stereocenters. The van der Waals surface area contributed by atoms with E-state index in [0.717, 1.165) is 17.5 Å². The van der Waals surface area contributed by atoms with Crippen molar-refractivity contribution in [1.29, 1.82) is 0 Å². The molecule has 2 aromatic carbocycles. The van der Waals surface area contributed by atoms with Crippen LogP contribution in [-0.4, -0.2) is 28.9 Å². The lowest BCUT2D eigenvalue weighted by Gasteiger charge is -2.37. The van der Waals surface area contributed by atoms with Gasteiger partial charge in [-0.1, -0.05) is 36.4 Å². The minimum Gasteiger partial charge on any atom is -0.352 e. The third kappa shape index (κ3) is 3.85. The quantitative estimate of drug-likeness (QED) is 0.884. The highest BCUT2D eigenvalue weighted by molar-refractivity contribution is 5.87. The van der Waals surface area contributed by atoms with Gasteiger partial charge in [-0.15, -0.1) is 0 Å². The largest absolute Gasteiger partial charge is 0.352 e. The number of urea groups is 1. The third-order valence-corrected chi connectivity index (χ3v) is 4.80. The second kappa shape index (κ2) is 7.56. The molecule has 3 rings (SSSR count). The average Bonchev–Trinajstić information content (AvgIpc) is 2.63. The number of benzene rings is 2. The number of hydrogen-bond donors (Lipinski definition) is 2. The zero-order valence-electron chi connectivity index (χ0n) is 14.6. The standard InChI is InChI=1S/C20H22FN3O2/c1-13-7-10-18(23-20(22)26)19(25)24(13)12-16-11-15(8-9-17(16)21)14-5-3-2-4-6-14/h2-6,8-9,11,13,18H,7,10,12H2,1H3,(H3,22,23,26)/t13-,18-/m1/s1. The molecule has 0 aliphatic carbocycles. The van der Waals surface area contributed by atoms with Gasteiger partial charge in [-0.05, 0) is 43.0 Å². The Balaban J connectivity index is 1.85. The Morgan fingerprint density at radius 1 is 1.19 bits per heavy atom. The fourth-order valence-electron chi connectivity index (χ4n) is 3.33. The first-order chi connectivity index (χ1) is 12.5. The summed E-state index contributed by atoms with van der Waals surface area (Å²) in [4.78, 5) is 25.4. The smallest absolute Gasteiger partial charge is 0.312 e. The van der Waals surface area contributed by atoms with E-state index in [9.17, 15) is 14.0 Å². The number of rotatable bonds is 4. The lowest BCUT2D eigenvalue weighted by Crippen LogP contribution is -2.55. The van der Waals surface area contributed by atoms with Crippen LogP contribution in [0.2, 0.25) is 0 Å². The molecule has 5 nitrogen and oxygen atoms in total. The van der Waals surface area contributed by atoms with E-state index in [4.69, 9.17) is 5.73 Å². The number of primary amides is 1. The van der Waals surface area contributed by atoms with Gasteiger partial charge in [0.1, 0.15) is 11.9 Å². The van der Waals surface area contributed by atoms with Crippen molar-refractivity contribution in [2.75, 3.05) is 0 Å². The summed E-state index contributed by atoms with van der Waals surface area (Å²) in [6.45, 7) is 2.08. The molecule has 1 fully saturated rings. The van der Waals surface area contributed by atoms with Crippen LogP contribution in [0.15, 0.2) is 48.5 Å². The van der Waals surface area contributed by atoms with Crippen molar-refractivity contribution in [3.8, 4) is 11.1 Å². The van der Waals surface area contributed by atoms with Crippen LogP contribution in [0, 0.1) is 5.82 Å². The monoisotopic (exact) mass is 355 g/mol. The van der Waals surface area contributed by atoms with Crippen LogP contribution < -0.4 is 11.1 Å². The Bertz CT molecular complexity index is 810. The van der Waals surface area contributed by atoms with Crippen LogP contribution in [-0.2, 0) is 11.3 Å². The van der Waals surface area contributed by atoms with E-state index >= 15 is 0 Å². The van der Waals surface area contributed by atoms with Gasteiger partial charge in [0.05, 0.1) is 0 Å². The maximum atomic E-state index is 14.4. The Hall–Kier alpha value is -2.89. The highest BCUT2D eigenvalue weighted by Crippen LogP contribution is 2.26.